The Labute approximate surface area is 113 Å². The van der Waals surface area contributed by atoms with Gasteiger partial charge in [-0.3, -0.25) is 4.79 Å². The summed E-state index contributed by atoms with van der Waals surface area (Å²) in [7, 11) is 0. The summed E-state index contributed by atoms with van der Waals surface area (Å²) in [4.78, 5) is 22.8. The van der Waals surface area contributed by atoms with E-state index in [9.17, 15) is 4.79 Å². The van der Waals surface area contributed by atoms with Gasteiger partial charge in [-0.05, 0) is 31.6 Å². The van der Waals surface area contributed by atoms with Crippen molar-refractivity contribution in [2.24, 2.45) is 5.92 Å². The lowest BCUT2D eigenvalue weighted by atomic mass is 10.1. The fraction of sp³-hybridized carbons (Fsp3) is 0.643. The van der Waals surface area contributed by atoms with Crippen molar-refractivity contribution in [3.05, 3.63) is 18.1 Å². The van der Waals surface area contributed by atoms with Crippen LogP contribution in [0.15, 0.2) is 12.4 Å². The molecular formula is C14H20N4O. The first-order valence-corrected chi connectivity index (χ1v) is 7.15. The van der Waals surface area contributed by atoms with Gasteiger partial charge in [-0.2, -0.15) is 0 Å². The molecule has 0 aromatic carbocycles. The Kier molecular flexibility index (Phi) is 3.36. The van der Waals surface area contributed by atoms with Crippen molar-refractivity contribution >= 4 is 11.7 Å². The van der Waals surface area contributed by atoms with Gasteiger partial charge in [0.25, 0.3) is 5.91 Å². The van der Waals surface area contributed by atoms with Crippen LogP contribution in [0.3, 0.4) is 0 Å². The van der Waals surface area contributed by atoms with Crippen molar-refractivity contribution in [3.63, 3.8) is 0 Å². The molecule has 0 radical (unpaired) electrons. The van der Waals surface area contributed by atoms with Gasteiger partial charge in [-0.25, -0.2) is 9.97 Å². The van der Waals surface area contributed by atoms with E-state index in [-0.39, 0.29) is 5.91 Å². The van der Waals surface area contributed by atoms with Crippen molar-refractivity contribution in [3.8, 4) is 0 Å². The molecule has 2 atom stereocenters. The highest BCUT2D eigenvalue weighted by Gasteiger charge is 2.40. The SMILES string of the molecule is CCCNc1cnc(C(=O)N2CC3CCC2C3)cn1. The molecule has 2 aliphatic rings. The summed E-state index contributed by atoms with van der Waals surface area (Å²) < 4.78 is 0. The van der Waals surface area contributed by atoms with Gasteiger partial charge in [0.2, 0.25) is 0 Å². The Bertz CT molecular complexity index is 459. The number of rotatable bonds is 4. The van der Waals surface area contributed by atoms with Crippen LogP contribution in [0.1, 0.15) is 43.1 Å². The van der Waals surface area contributed by atoms with Crippen molar-refractivity contribution < 1.29 is 4.79 Å². The van der Waals surface area contributed by atoms with E-state index in [0.29, 0.717) is 17.7 Å². The molecule has 19 heavy (non-hydrogen) atoms. The van der Waals surface area contributed by atoms with Crippen molar-refractivity contribution in [1.82, 2.24) is 14.9 Å². The van der Waals surface area contributed by atoms with Gasteiger partial charge < -0.3 is 10.2 Å². The van der Waals surface area contributed by atoms with Crippen molar-refractivity contribution in [2.75, 3.05) is 18.4 Å². The van der Waals surface area contributed by atoms with E-state index < -0.39 is 0 Å². The first-order valence-electron chi connectivity index (χ1n) is 7.15. The van der Waals surface area contributed by atoms with Gasteiger partial charge in [-0.1, -0.05) is 6.92 Å². The molecule has 1 saturated heterocycles. The zero-order valence-corrected chi connectivity index (χ0v) is 11.3. The van der Waals surface area contributed by atoms with Crippen LogP contribution >= 0.6 is 0 Å². The first-order chi connectivity index (χ1) is 9.28. The van der Waals surface area contributed by atoms with Crippen molar-refractivity contribution in [2.45, 2.75) is 38.6 Å². The third-order valence-corrected chi connectivity index (χ3v) is 4.10. The molecule has 3 rings (SSSR count). The molecule has 1 aliphatic heterocycles. The number of amides is 1. The van der Waals surface area contributed by atoms with Crippen LogP contribution in [0.4, 0.5) is 5.82 Å². The fourth-order valence-electron chi connectivity index (χ4n) is 3.10. The molecule has 102 valence electrons. The molecule has 2 unspecified atom stereocenters. The summed E-state index contributed by atoms with van der Waals surface area (Å²) in [5.41, 5.74) is 0.467. The standard InChI is InChI=1S/C14H20N4O/c1-2-5-15-13-8-16-12(7-17-13)14(19)18-9-10-3-4-11(18)6-10/h7-8,10-11H,2-6,9H2,1H3,(H,15,17). The number of hydrogen-bond acceptors (Lipinski definition) is 4. The zero-order chi connectivity index (χ0) is 13.2. The maximum atomic E-state index is 12.4. The summed E-state index contributed by atoms with van der Waals surface area (Å²) >= 11 is 0. The molecule has 1 N–H and O–H groups in total. The molecule has 2 fully saturated rings. The maximum Gasteiger partial charge on any atom is 0.274 e. The number of anilines is 1. The molecular weight excluding hydrogens is 240 g/mol. The quantitative estimate of drug-likeness (QED) is 0.898. The maximum absolute atomic E-state index is 12.4. The Morgan fingerprint density at radius 1 is 1.42 bits per heavy atom. The van der Waals surface area contributed by atoms with Gasteiger partial charge in [0, 0.05) is 19.1 Å². The summed E-state index contributed by atoms with van der Waals surface area (Å²) in [6.07, 6.45) is 7.89. The van der Waals surface area contributed by atoms with E-state index in [1.165, 1.54) is 12.8 Å². The van der Waals surface area contributed by atoms with Gasteiger partial charge in [0.1, 0.15) is 11.5 Å². The second-order valence-corrected chi connectivity index (χ2v) is 5.50. The highest BCUT2D eigenvalue weighted by Crippen LogP contribution is 2.37. The third-order valence-electron chi connectivity index (χ3n) is 4.10. The summed E-state index contributed by atoms with van der Waals surface area (Å²) in [5, 5.41) is 3.16. The fourth-order valence-corrected chi connectivity index (χ4v) is 3.10. The number of hydrogen-bond donors (Lipinski definition) is 1. The van der Waals surface area contributed by atoms with Crippen LogP contribution in [0.5, 0.6) is 0 Å². The number of fused-ring (bicyclic) bond motifs is 2. The molecule has 5 nitrogen and oxygen atoms in total. The van der Waals surface area contributed by atoms with E-state index in [2.05, 4.69) is 22.2 Å². The minimum atomic E-state index is 0.0433. The zero-order valence-electron chi connectivity index (χ0n) is 11.3. The molecule has 1 aliphatic carbocycles. The van der Waals surface area contributed by atoms with Crippen LogP contribution in [0.25, 0.3) is 0 Å². The molecule has 0 spiro atoms. The Balaban J connectivity index is 1.67. The highest BCUT2D eigenvalue weighted by atomic mass is 16.2. The second-order valence-electron chi connectivity index (χ2n) is 5.50. The predicted octanol–water partition coefficient (Wildman–Crippen LogP) is 1.92. The Hall–Kier alpha value is -1.65. The Morgan fingerprint density at radius 3 is 2.89 bits per heavy atom. The molecule has 1 amide bonds. The van der Waals surface area contributed by atoms with Gasteiger partial charge in [0.15, 0.2) is 0 Å². The lowest BCUT2D eigenvalue weighted by Crippen LogP contribution is -2.38. The molecule has 1 aromatic rings. The Morgan fingerprint density at radius 2 is 2.32 bits per heavy atom. The van der Waals surface area contributed by atoms with Gasteiger partial charge in [-0.15, -0.1) is 0 Å². The van der Waals surface area contributed by atoms with E-state index >= 15 is 0 Å². The molecule has 2 heterocycles. The van der Waals surface area contributed by atoms with E-state index in [1.807, 2.05) is 4.90 Å². The smallest absolute Gasteiger partial charge is 0.274 e. The summed E-state index contributed by atoms with van der Waals surface area (Å²) in [6.45, 7) is 3.87. The minimum absolute atomic E-state index is 0.0433. The molecule has 1 aromatic heterocycles. The lowest BCUT2D eigenvalue weighted by Gasteiger charge is -2.26. The highest BCUT2D eigenvalue weighted by molar-refractivity contribution is 5.92. The number of nitrogens with zero attached hydrogens (tertiary/aromatic N) is 3. The van der Waals surface area contributed by atoms with E-state index in [1.54, 1.807) is 12.4 Å². The molecule has 1 saturated carbocycles. The second kappa shape index (κ2) is 5.15. The predicted molar refractivity (Wildman–Crippen MR) is 73.0 cm³/mol. The van der Waals surface area contributed by atoms with Crippen molar-refractivity contribution in [1.29, 1.82) is 0 Å². The summed E-state index contributed by atoms with van der Waals surface area (Å²) in [6, 6.07) is 0.442. The summed E-state index contributed by atoms with van der Waals surface area (Å²) in [5.74, 6) is 1.50. The topological polar surface area (TPSA) is 58.1 Å². The van der Waals surface area contributed by atoms with Crippen LogP contribution < -0.4 is 5.32 Å². The number of carbonyl (C=O) groups is 1. The molecule has 2 bridgehead atoms. The third kappa shape index (κ3) is 2.41. The largest absolute Gasteiger partial charge is 0.369 e. The van der Waals surface area contributed by atoms with Crippen LogP contribution in [0, 0.1) is 5.92 Å². The number of carbonyl (C=O) groups excluding carboxylic acids is 1. The molecule has 5 heteroatoms. The first kappa shape index (κ1) is 12.4. The minimum Gasteiger partial charge on any atom is -0.369 e. The number of piperidine rings is 1. The number of likely N-dealkylation sites (tertiary alicyclic amines) is 1. The van der Waals surface area contributed by atoms with Gasteiger partial charge >= 0.3 is 0 Å². The normalized spacial score (nSPS) is 24.8. The van der Waals surface area contributed by atoms with Crippen LogP contribution in [0.2, 0.25) is 0 Å². The average molecular weight is 260 g/mol. The van der Waals surface area contributed by atoms with E-state index in [4.69, 9.17) is 0 Å². The lowest BCUT2D eigenvalue weighted by molar-refractivity contribution is 0.0697. The van der Waals surface area contributed by atoms with Gasteiger partial charge in [0.05, 0.1) is 12.4 Å². The van der Waals surface area contributed by atoms with Crippen LogP contribution in [-0.2, 0) is 0 Å². The number of nitrogens with one attached hydrogen (secondary N) is 1. The average Bonchev–Trinajstić information content (AvgIpc) is 3.07. The number of aromatic nitrogens is 2. The monoisotopic (exact) mass is 260 g/mol. The van der Waals surface area contributed by atoms with E-state index in [0.717, 1.165) is 31.7 Å². The van der Waals surface area contributed by atoms with Crippen LogP contribution in [-0.4, -0.2) is 39.9 Å².